The molecule has 0 spiro atoms. The predicted molar refractivity (Wildman–Crippen MR) is 135 cm³/mol. The molecule has 0 amide bonds. The molecular weight excluding hydrogens is 420 g/mol. The molecule has 6 heteroatoms. The zero-order chi connectivity index (χ0) is 25.7. The minimum absolute atomic E-state index is 0.00993. The number of hydrogen-bond acceptors (Lipinski definition) is 6. The first-order valence-electron chi connectivity index (χ1n) is 13.1. The molecule has 3 unspecified atom stereocenters. The molecule has 0 aromatic carbocycles. The third kappa shape index (κ3) is 12.9. The van der Waals surface area contributed by atoms with E-state index in [1.165, 1.54) is 0 Å². The SMILES string of the molecule is CCCCCOC(OOCCC(C)C)(OC(C)(C)C)C(C)(C)C(OCC(C)C)OC(C)CC. The zero-order valence-electron chi connectivity index (χ0n) is 23.9. The van der Waals surface area contributed by atoms with E-state index in [1.54, 1.807) is 0 Å². The van der Waals surface area contributed by atoms with E-state index in [-0.39, 0.29) is 6.10 Å². The first-order chi connectivity index (χ1) is 15.2. The molecule has 0 bridgehead atoms. The molecule has 3 atom stereocenters. The summed E-state index contributed by atoms with van der Waals surface area (Å²) in [6.45, 7) is 26.4. The zero-order valence-corrected chi connectivity index (χ0v) is 23.9. The van der Waals surface area contributed by atoms with E-state index in [2.05, 4.69) is 48.5 Å². The third-order valence-electron chi connectivity index (χ3n) is 5.32. The molecule has 0 aromatic heterocycles. The second kappa shape index (κ2) is 15.7. The maximum absolute atomic E-state index is 6.55. The molecule has 0 aliphatic carbocycles. The van der Waals surface area contributed by atoms with Gasteiger partial charge >= 0.3 is 5.97 Å². The van der Waals surface area contributed by atoms with Gasteiger partial charge in [-0.05, 0) is 72.6 Å². The van der Waals surface area contributed by atoms with Crippen molar-refractivity contribution in [3.63, 3.8) is 0 Å². The highest BCUT2D eigenvalue weighted by Crippen LogP contribution is 2.45. The van der Waals surface area contributed by atoms with E-state index in [1.807, 2.05) is 34.6 Å². The van der Waals surface area contributed by atoms with Gasteiger partial charge in [0.05, 0.1) is 36.9 Å². The van der Waals surface area contributed by atoms with E-state index in [4.69, 9.17) is 28.7 Å². The Morgan fingerprint density at radius 3 is 1.91 bits per heavy atom. The van der Waals surface area contributed by atoms with Crippen LogP contribution >= 0.6 is 0 Å². The summed E-state index contributed by atoms with van der Waals surface area (Å²) in [4.78, 5) is 11.8. The van der Waals surface area contributed by atoms with E-state index in [0.29, 0.717) is 31.7 Å². The van der Waals surface area contributed by atoms with Crippen LogP contribution in [0.2, 0.25) is 0 Å². The average molecular weight is 477 g/mol. The van der Waals surface area contributed by atoms with Crippen LogP contribution in [0.25, 0.3) is 0 Å². The van der Waals surface area contributed by atoms with Crippen LogP contribution < -0.4 is 0 Å². The normalized spacial score (nSPS) is 16.9. The monoisotopic (exact) mass is 476 g/mol. The molecule has 200 valence electrons. The van der Waals surface area contributed by atoms with Crippen LogP contribution in [-0.2, 0) is 28.7 Å². The predicted octanol–water partition coefficient (Wildman–Crippen LogP) is 7.50. The summed E-state index contributed by atoms with van der Waals surface area (Å²) >= 11 is 0. The van der Waals surface area contributed by atoms with Crippen LogP contribution in [0.1, 0.15) is 115 Å². The molecule has 6 nitrogen and oxygen atoms in total. The third-order valence-corrected chi connectivity index (χ3v) is 5.32. The lowest BCUT2D eigenvalue weighted by Crippen LogP contribution is -2.61. The summed E-state index contributed by atoms with van der Waals surface area (Å²) in [6.07, 6.45) is 4.21. The second-order valence-electron chi connectivity index (χ2n) is 11.5. The summed E-state index contributed by atoms with van der Waals surface area (Å²) in [7, 11) is 0. The molecule has 0 aliphatic rings. The first-order valence-corrected chi connectivity index (χ1v) is 13.1. The van der Waals surface area contributed by atoms with E-state index < -0.39 is 23.3 Å². The molecule has 0 aliphatic heterocycles. The lowest BCUT2D eigenvalue weighted by atomic mass is 9.87. The smallest absolute Gasteiger partial charge is 0.322 e. The Balaban J connectivity index is 6.16. The Labute approximate surface area is 205 Å². The summed E-state index contributed by atoms with van der Waals surface area (Å²) in [6, 6.07) is 0. The fourth-order valence-corrected chi connectivity index (χ4v) is 3.01. The van der Waals surface area contributed by atoms with Crippen LogP contribution in [0.4, 0.5) is 0 Å². The van der Waals surface area contributed by atoms with Gasteiger partial charge < -0.3 is 18.9 Å². The van der Waals surface area contributed by atoms with Crippen LogP contribution in [0.15, 0.2) is 0 Å². The number of ether oxygens (including phenoxy) is 4. The topological polar surface area (TPSA) is 55.4 Å². The van der Waals surface area contributed by atoms with Gasteiger partial charge in [-0.25, -0.2) is 4.89 Å². The highest BCUT2D eigenvalue weighted by atomic mass is 17.3. The van der Waals surface area contributed by atoms with Crippen molar-refractivity contribution in [2.75, 3.05) is 19.8 Å². The highest BCUT2D eigenvalue weighted by molar-refractivity contribution is 4.87. The Bertz CT molecular complexity index is 485. The molecule has 0 N–H and O–H groups in total. The largest absolute Gasteiger partial charge is 0.351 e. The van der Waals surface area contributed by atoms with Gasteiger partial charge in [0.15, 0.2) is 6.29 Å². The molecule has 0 fully saturated rings. The van der Waals surface area contributed by atoms with Gasteiger partial charge in [0.1, 0.15) is 0 Å². The van der Waals surface area contributed by atoms with E-state index in [0.717, 1.165) is 32.1 Å². The molecule has 33 heavy (non-hydrogen) atoms. The van der Waals surface area contributed by atoms with Crippen LogP contribution in [0.3, 0.4) is 0 Å². The lowest BCUT2D eigenvalue weighted by Gasteiger charge is -2.49. The minimum atomic E-state index is -1.51. The lowest BCUT2D eigenvalue weighted by molar-refractivity contribution is -0.560. The van der Waals surface area contributed by atoms with Gasteiger partial charge in [0.2, 0.25) is 0 Å². The van der Waals surface area contributed by atoms with E-state index in [9.17, 15) is 0 Å². The number of unbranched alkanes of at least 4 members (excludes halogenated alkanes) is 2. The van der Waals surface area contributed by atoms with E-state index >= 15 is 0 Å². The fraction of sp³-hybridized carbons (Fsp3) is 1.00. The van der Waals surface area contributed by atoms with Crippen molar-refractivity contribution in [2.45, 2.75) is 139 Å². The molecule has 0 heterocycles. The number of rotatable bonds is 19. The van der Waals surface area contributed by atoms with Crippen molar-refractivity contribution < 1.29 is 28.7 Å². The molecular formula is C27H56O6. The second-order valence-corrected chi connectivity index (χ2v) is 11.5. The first kappa shape index (κ1) is 32.8. The fourth-order valence-electron chi connectivity index (χ4n) is 3.01. The Morgan fingerprint density at radius 1 is 0.788 bits per heavy atom. The van der Waals surface area contributed by atoms with Crippen molar-refractivity contribution in [3.8, 4) is 0 Å². The summed E-state index contributed by atoms with van der Waals surface area (Å²) < 4.78 is 25.7. The maximum atomic E-state index is 6.55. The van der Waals surface area contributed by atoms with Crippen molar-refractivity contribution in [3.05, 3.63) is 0 Å². The van der Waals surface area contributed by atoms with Crippen molar-refractivity contribution in [1.29, 1.82) is 0 Å². The van der Waals surface area contributed by atoms with Gasteiger partial charge in [0.25, 0.3) is 0 Å². The maximum Gasteiger partial charge on any atom is 0.322 e. The molecule has 0 saturated heterocycles. The van der Waals surface area contributed by atoms with Crippen LogP contribution in [0, 0.1) is 17.3 Å². The summed E-state index contributed by atoms with van der Waals surface area (Å²) in [5.74, 6) is -0.651. The van der Waals surface area contributed by atoms with Crippen LogP contribution in [0.5, 0.6) is 0 Å². The molecule has 0 radical (unpaired) electrons. The van der Waals surface area contributed by atoms with Crippen molar-refractivity contribution in [1.82, 2.24) is 0 Å². The van der Waals surface area contributed by atoms with Crippen LogP contribution in [-0.4, -0.2) is 43.8 Å². The van der Waals surface area contributed by atoms with Crippen molar-refractivity contribution in [2.24, 2.45) is 17.3 Å². The standard InChI is InChI=1S/C27H56O6/c1-13-15-16-18-29-27(32-25(8,9)10,33-30-19-17-21(3)4)26(11,12)24(28-20-22(5)6)31-23(7)14-2/h21-24H,13-20H2,1-12H3. The molecule has 0 rings (SSSR count). The van der Waals surface area contributed by atoms with Crippen molar-refractivity contribution >= 4 is 0 Å². The molecule has 0 saturated carbocycles. The summed E-state index contributed by atoms with van der Waals surface area (Å²) in [5.41, 5.74) is -1.40. The highest BCUT2D eigenvalue weighted by Gasteiger charge is 2.58. The molecule has 0 aromatic rings. The quantitative estimate of drug-likeness (QED) is 0.0832. The number of hydrogen-bond donors (Lipinski definition) is 0. The Hall–Kier alpha value is -0.240. The Morgan fingerprint density at radius 2 is 1.42 bits per heavy atom. The van der Waals surface area contributed by atoms with Gasteiger partial charge in [-0.1, -0.05) is 54.4 Å². The van der Waals surface area contributed by atoms with Gasteiger partial charge in [-0.3, -0.25) is 0 Å². The van der Waals surface area contributed by atoms with Gasteiger partial charge in [0, 0.05) is 0 Å². The average Bonchev–Trinajstić information content (AvgIpc) is 2.69. The van der Waals surface area contributed by atoms with Gasteiger partial charge in [-0.15, -0.1) is 0 Å². The minimum Gasteiger partial charge on any atom is -0.351 e. The van der Waals surface area contributed by atoms with Gasteiger partial charge in [-0.2, -0.15) is 4.89 Å². The summed E-state index contributed by atoms with van der Waals surface area (Å²) in [5, 5.41) is 0. The Kier molecular flexibility index (Phi) is 15.6.